The van der Waals surface area contributed by atoms with E-state index in [9.17, 15) is 23.4 Å². The summed E-state index contributed by atoms with van der Waals surface area (Å²) in [4.78, 5) is 11.4. The van der Waals surface area contributed by atoms with Crippen molar-refractivity contribution in [3.8, 4) is 5.75 Å². The molecule has 0 saturated carbocycles. The molecule has 0 aliphatic heterocycles. The molecule has 0 aliphatic carbocycles. The number of phenols is 1. The van der Waals surface area contributed by atoms with Crippen LogP contribution >= 0.6 is 11.6 Å². The number of aliphatic hydroxyl groups excluding tert-OH is 1. The predicted octanol–water partition coefficient (Wildman–Crippen LogP) is 3.23. The number of rotatable bonds is 10. The third-order valence-corrected chi connectivity index (χ3v) is 7.21. The third kappa shape index (κ3) is 6.33. The summed E-state index contributed by atoms with van der Waals surface area (Å²) in [5.74, 6) is -1.28. The van der Waals surface area contributed by atoms with Crippen LogP contribution in [0.15, 0.2) is 76.5 Å². The summed E-state index contributed by atoms with van der Waals surface area (Å²) in [5.41, 5.74) is 6.70. The van der Waals surface area contributed by atoms with Gasteiger partial charge >= 0.3 is 0 Å². The Morgan fingerprint density at radius 2 is 1.64 bits per heavy atom. The maximum absolute atomic E-state index is 12.9. The van der Waals surface area contributed by atoms with Crippen molar-refractivity contribution in [2.45, 2.75) is 28.7 Å². The highest BCUT2D eigenvalue weighted by Crippen LogP contribution is 2.26. The van der Waals surface area contributed by atoms with Crippen LogP contribution in [0.25, 0.3) is 0 Å². The van der Waals surface area contributed by atoms with Gasteiger partial charge in [-0.15, -0.1) is 0 Å². The van der Waals surface area contributed by atoms with Gasteiger partial charge in [0.2, 0.25) is 9.84 Å². The van der Waals surface area contributed by atoms with Crippen molar-refractivity contribution in [1.82, 2.24) is 5.32 Å². The fraction of sp³-hybridized carbons (Fsp3) is 0.208. The predicted molar refractivity (Wildman–Crippen MR) is 126 cm³/mol. The standard InChI is InChI=1S/C24H25ClN2O5S/c25-18-7-5-17(6-8-18)23(29)15-27-13-1-2-16-3-9-19(10-4-16)33(31,32)20-11-12-22(28)21(14-20)24(26)30/h3-12,14,23,27-29H,1-2,13,15H2,(H2,26,30)/t23-/m0/s1. The number of carbonyl (C=O) groups excluding carboxylic acids is 1. The normalized spacial score (nSPS) is 12.4. The van der Waals surface area contributed by atoms with Gasteiger partial charge in [-0.2, -0.15) is 0 Å². The Kier molecular flexibility index (Phi) is 8.10. The first kappa shape index (κ1) is 24.7. The second-order valence-electron chi connectivity index (χ2n) is 7.57. The number of carbonyl (C=O) groups is 1. The lowest BCUT2D eigenvalue weighted by molar-refractivity contribution is 0.0997. The summed E-state index contributed by atoms with van der Waals surface area (Å²) in [6, 6.07) is 17.0. The number of nitrogens with one attached hydrogen (secondary N) is 1. The van der Waals surface area contributed by atoms with E-state index in [1.54, 1.807) is 36.4 Å². The third-order valence-electron chi connectivity index (χ3n) is 5.19. The molecule has 1 atom stereocenters. The molecular weight excluding hydrogens is 464 g/mol. The van der Waals surface area contributed by atoms with E-state index in [2.05, 4.69) is 5.32 Å². The molecule has 0 spiro atoms. The van der Waals surface area contributed by atoms with E-state index in [1.807, 2.05) is 0 Å². The van der Waals surface area contributed by atoms with Gasteiger partial charge < -0.3 is 21.3 Å². The summed E-state index contributed by atoms with van der Waals surface area (Å²) < 4.78 is 25.7. The molecule has 0 heterocycles. The molecule has 5 N–H and O–H groups in total. The average Bonchev–Trinajstić information content (AvgIpc) is 2.79. The maximum atomic E-state index is 12.9. The topological polar surface area (TPSA) is 130 Å². The van der Waals surface area contributed by atoms with Crippen LogP contribution in [-0.4, -0.2) is 37.6 Å². The summed E-state index contributed by atoms with van der Waals surface area (Å²) in [6.07, 6.45) is 0.913. The number of halogens is 1. The minimum absolute atomic E-state index is 0.0802. The van der Waals surface area contributed by atoms with E-state index in [1.165, 1.54) is 18.2 Å². The zero-order valence-electron chi connectivity index (χ0n) is 17.7. The molecule has 0 aromatic heterocycles. The van der Waals surface area contributed by atoms with Gasteiger partial charge in [0, 0.05) is 11.6 Å². The van der Waals surface area contributed by atoms with Crippen LogP contribution in [0, 0.1) is 0 Å². The molecule has 7 nitrogen and oxygen atoms in total. The Hall–Kier alpha value is -2.91. The van der Waals surface area contributed by atoms with Crippen molar-refractivity contribution in [2.75, 3.05) is 13.1 Å². The number of aryl methyl sites for hydroxylation is 1. The highest BCUT2D eigenvalue weighted by molar-refractivity contribution is 7.91. The van der Waals surface area contributed by atoms with E-state index >= 15 is 0 Å². The van der Waals surface area contributed by atoms with E-state index in [0.29, 0.717) is 18.1 Å². The first-order valence-electron chi connectivity index (χ1n) is 10.3. The summed E-state index contributed by atoms with van der Waals surface area (Å²) in [5, 5.41) is 23.7. The minimum atomic E-state index is -3.86. The maximum Gasteiger partial charge on any atom is 0.252 e. The van der Waals surface area contributed by atoms with Crippen LogP contribution in [0.5, 0.6) is 5.75 Å². The molecule has 1 amide bonds. The lowest BCUT2D eigenvalue weighted by atomic mass is 10.1. The first-order valence-corrected chi connectivity index (χ1v) is 12.2. The van der Waals surface area contributed by atoms with Crippen molar-refractivity contribution in [2.24, 2.45) is 5.73 Å². The molecule has 3 aromatic rings. The second kappa shape index (κ2) is 10.8. The van der Waals surface area contributed by atoms with Gasteiger partial charge in [0.15, 0.2) is 0 Å². The molecule has 0 saturated heterocycles. The number of benzene rings is 3. The average molecular weight is 489 g/mol. The molecule has 33 heavy (non-hydrogen) atoms. The number of hydrogen-bond donors (Lipinski definition) is 4. The van der Waals surface area contributed by atoms with Crippen LogP contribution in [0.4, 0.5) is 0 Å². The molecule has 0 radical (unpaired) electrons. The number of hydrogen-bond acceptors (Lipinski definition) is 6. The number of sulfone groups is 1. The molecule has 0 unspecified atom stereocenters. The molecule has 9 heteroatoms. The molecule has 0 bridgehead atoms. The zero-order chi connectivity index (χ0) is 24.0. The van der Waals surface area contributed by atoms with Crippen molar-refractivity contribution in [3.63, 3.8) is 0 Å². The Labute approximate surface area is 197 Å². The molecule has 174 valence electrons. The van der Waals surface area contributed by atoms with E-state index in [4.69, 9.17) is 17.3 Å². The number of aliphatic hydroxyl groups is 1. The quantitative estimate of drug-likeness (QED) is 0.324. The van der Waals surface area contributed by atoms with Crippen molar-refractivity contribution in [3.05, 3.63) is 88.4 Å². The summed E-state index contributed by atoms with van der Waals surface area (Å²) in [7, 11) is -3.86. The summed E-state index contributed by atoms with van der Waals surface area (Å²) in [6.45, 7) is 1.10. The SMILES string of the molecule is NC(=O)c1cc(S(=O)(=O)c2ccc(CCCNC[C@H](O)c3ccc(Cl)cc3)cc2)ccc1O. The van der Waals surface area contributed by atoms with Gasteiger partial charge in [-0.1, -0.05) is 35.9 Å². The van der Waals surface area contributed by atoms with E-state index in [-0.39, 0.29) is 21.1 Å². The van der Waals surface area contributed by atoms with Gasteiger partial charge in [-0.05, 0) is 73.0 Å². The van der Waals surface area contributed by atoms with E-state index in [0.717, 1.165) is 36.1 Å². The lowest BCUT2D eigenvalue weighted by Gasteiger charge is -2.12. The fourth-order valence-corrected chi connectivity index (χ4v) is 4.72. The van der Waals surface area contributed by atoms with Crippen LogP contribution in [0.2, 0.25) is 5.02 Å². The van der Waals surface area contributed by atoms with Crippen LogP contribution < -0.4 is 11.1 Å². The molecule has 3 rings (SSSR count). The van der Waals surface area contributed by atoms with Crippen LogP contribution in [-0.2, 0) is 16.3 Å². The molecule has 0 fully saturated rings. The first-order chi connectivity index (χ1) is 15.7. The van der Waals surface area contributed by atoms with Gasteiger partial charge in [0.25, 0.3) is 5.91 Å². The van der Waals surface area contributed by atoms with Crippen molar-refractivity contribution in [1.29, 1.82) is 0 Å². The van der Waals surface area contributed by atoms with Crippen molar-refractivity contribution < 1.29 is 23.4 Å². The van der Waals surface area contributed by atoms with Crippen LogP contribution in [0.1, 0.15) is 34.0 Å². The number of amides is 1. The van der Waals surface area contributed by atoms with E-state index < -0.39 is 21.8 Å². The monoisotopic (exact) mass is 488 g/mol. The molecular formula is C24H25ClN2O5S. The fourth-order valence-electron chi connectivity index (χ4n) is 3.31. The Morgan fingerprint density at radius 3 is 2.27 bits per heavy atom. The minimum Gasteiger partial charge on any atom is -0.507 e. The number of aromatic hydroxyl groups is 1. The number of primary amides is 1. The summed E-state index contributed by atoms with van der Waals surface area (Å²) >= 11 is 5.85. The van der Waals surface area contributed by atoms with Gasteiger partial charge in [0.05, 0.1) is 21.5 Å². The number of nitrogens with two attached hydrogens (primary N) is 1. The smallest absolute Gasteiger partial charge is 0.252 e. The van der Waals surface area contributed by atoms with Gasteiger partial charge in [-0.25, -0.2) is 8.42 Å². The Morgan fingerprint density at radius 1 is 1.00 bits per heavy atom. The Balaban J connectivity index is 1.53. The van der Waals surface area contributed by atoms with Crippen LogP contribution in [0.3, 0.4) is 0 Å². The Bertz CT molecular complexity index is 1210. The second-order valence-corrected chi connectivity index (χ2v) is 9.95. The molecule has 0 aliphatic rings. The highest BCUT2D eigenvalue weighted by Gasteiger charge is 2.20. The highest BCUT2D eigenvalue weighted by atomic mass is 35.5. The molecule has 3 aromatic carbocycles. The van der Waals surface area contributed by atoms with Gasteiger partial charge in [-0.3, -0.25) is 4.79 Å². The van der Waals surface area contributed by atoms with Gasteiger partial charge in [0.1, 0.15) is 5.75 Å². The zero-order valence-corrected chi connectivity index (χ0v) is 19.3. The lowest BCUT2D eigenvalue weighted by Crippen LogP contribution is -2.22. The largest absolute Gasteiger partial charge is 0.507 e. The van der Waals surface area contributed by atoms with Crippen molar-refractivity contribution >= 4 is 27.3 Å².